The van der Waals surface area contributed by atoms with Gasteiger partial charge in [0.1, 0.15) is 0 Å². The number of aromatic nitrogens is 1. The van der Waals surface area contributed by atoms with Gasteiger partial charge in [0.25, 0.3) is 5.91 Å². The van der Waals surface area contributed by atoms with Gasteiger partial charge in [-0.25, -0.2) is 4.98 Å². The van der Waals surface area contributed by atoms with Crippen molar-refractivity contribution < 1.29 is 22.4 Å². The molecule has 23 heavy (non-hydrogen) atoms. The fourth-order valence-electron chi connectivity index (χ4n) is 2.18. The summed E-state index contributed by atoms with van der Waals surface area (Å²) in [6.07, 6.45) is -4.66. The second kappa shape index (κ2) is 5.27. The summed E-state index contributed by atoms with van der Waals surface area (Å²) < 4.78 is 45.4. The van der Waals surface area contributed by atoms with Gasteiger partial charge < -0.3 is 15.5 Å². The molecule has 9 heteroatoms. The Hall–Kier alpha value is -2.55. The van der Waals surface area contributed by atoms with E-state index in [0.29, 0.717) is 4.88 Å². The fourth-order valence-corrected chi connectivity index (χ4v) is 2.86. The van der Waals surface area contributed by atoms with Gasteiger partial charge in [0, 0.05) is 7.05 Å². The van der Waals surface area contributed by atoms with E-state index in [4.69, 9.17) is 10.2 Å². The van der Waals surface area contributed by atoms with E-state index in [1.54, 1.807) is 17.5 Å². The minimum atomic E-state index is -4.66. The van der Waals surface area contributed by atoms with Crippen LogP contribution in [0.5, 0.6) is 0 Å². The molecule has 3 aromatic rings. The zero-order valence-corrected chi connectivity index (χ0v) is 12.5. The third-order valence-corrected chi connectivity index (χ3v) is 4.10. The normalized spacial score (nSPS) is 11.8. The summed E-state index contributed by atoms with van der Waals surface area (Å²) in [4.78, 5) is 16.3. The maximum Gasteiger partial charge on any atom is 0.417 e. The number of anilines is 1. The number of carbonyl (C=O) groups excluding carboxylic acids is 1. The lowest BCUT2D eigenvalue weighted by Gasteiger charge is -2.09. The van der Waals surface area contributed by atoms with Gasteiger partial charge in [0.2, 0.25) is 11.5 Å². The summed E-state index contributed by atoms with van der Waals surface area (Å²) in [5.41, 5.74) is 4.12. The largest absolute Gasteiger partial charge is 0.430 e. The van der Waals surface area contributed by atoms with Crippen molar-refractivity contribution in [1.82, 2.24) is 10.3 Å². The molecule has 0 saturated carbocycles. The number of alkyl halides is 3. The van der Waals surface area contributed by atoms with Gasteiger partial charge in [-0.3, -0.25) is 4.79 Å². The van der Waals surface area contributed by atoms with E-state index in [1.165, 1.54) is 18.4 Å². The number of thiophene rings is 1. The quantitative estimate of drug-likeness (QED) is 0.747. The van der Waals surface area contributed by atoms with Crippen LogP contribution in [0.2, 0.25) is 0 Å². The molecule has 0 aliphatic rings. The zero-order chi connectivity index (χ0) is 16.8. The van der Waals surface area contributed by atoms with Crippen molar-refractivity contribution in [2.75, 3.05) is 12.8 Å². The highest BCUT2D eigenvalue weighted by atomic mass is 32.1. The Morgan fingerprint density at radius 2 is 2.17 bits per heavy atom. The highest BCUT2D eigenvalue weighted by molar-refractivity contribution is 7.13. The van der Waals surface area contributed by atoms with E-state index < -0.39 is 23.0 Å². The number of pyridine rings is 1. The first-order valence-electron chi connectivity index (χ1n) is 6.39. The van der Waals surface area contributed by atoms with E-state index in [-0.39, 0.29) is 22.9 Å². The molecule has 120 valence electrons. The lowest BCUT2D eigenvalue weighted by Crippen LogP contribution is -2.18. The molecule has 0 aromatic carbocycles. The molecule has 0 aliphatic carbocycles. The number of nitrogen functional groups attached to an aromatic ring is 1. The van der Waals surface area contributed by atoms with Crippen LogP contribution in [-0.4, -0.2) is 17.9 Å². The molecule has 0 fully saturated rings. The highest BCUT2D eigenvalue weighted by Gasteiger charge is 2.37. The summed E-state index contributed by atoms with van der Waals surface area (Å²) in [5, 5.41) is 3.58. The van der Waals surface area contributed by atoms with Gasteiger partial charge in [0.05, 0.1) is 27.2 Å². The number of rotatable bonds is 2. The first kappa shape index (κ1) is 15.3. The summed E-state index contributed by atoms with van der Waals surface area (Å²) in [7, 11) is 1.32. The van der Waals surface area contributed by atoms with Crippen LogP contribution < -0.4 is 11.1 Å². The van der Waals surface area contributed by atoms with Gasteiger partial charge in [0.15, 0.2) is 0 Å². The lowest BCUT2D eigenvalue weighted by molar-refractivity contribution is -0.136. The number of furan rings is 1. The molecule has 0 atom stereocenters. The number of carbonyl (C=O) groups is 1. The van der Waals surface area contributed by atoms with Crippen molar-refractivity contribution >= 4 is 34.0 Å². The summed E-state index contributed by atoms with van der Waals surface area (Å²) in [6.45, 7) is 0. The molecule has 5 nitrogen and oxygen atoms in total. The fraction of sp³-hybridized carbons (Fsp3) is 0.143. The predicted octanol–water partition coefficient (Wildman–Crippen LogP) is 3.52. The van der Waals surface area contributed by atoms with Crippen molar-refractivity contribution in [3.63, 3.8) is 0 Å². The maximum absolute atomic E-state index is 13.4. The average molecular weight is 341 g/mol. The van der Waals surface area contributed by atoms with Crippen LogP contribution in [-0.2, 0) is 6.18 Å². The van der Waals surface area contributed by atoms with Gasteiger partial charge >= 0.3 is 6.18 Å². The first-order chi connectivity index (χ1) is 10.8. The topological polar surface area (TPSA) is 81.2 Å². The summed E-state index contributed by atoms with van der Waals surface area (Å²) >= 11 is 1.24. The average Bonchev–Trinajstić information content (AvgIpc) is 3.13. The Morgan fingerprint density at radius 3 is 2.74 bits per heavy atom. The van der Waals surface area contributed by atoms with Crippen LogP contribution in [0.3, 0.4) is 0 Å². The Balaban J connectivity index is 2.35. The van der Waals surface area contributed by atoms with Gasteiger partial charge in [-0.1, -0.05) is 6.07 Å². The molecule has 0 radical (unpaired) electrons. The maximum atomic E-state index is 13.4. The number of hydrogen-bond donors (Lipinski definition) is 2. The molecule has 0 spiro atoms. The molecular formula is C14H10F3N3O2S. The number of hydrogen-bond acceptors (Lipinski definition) is 5. The van der Waals surface area contributed by atoms with Gasteiger partial charge in [-0.05, 0) is 17.5 Å². The first-order valence-corrected chi connectivity index (χ1v) is 7.27. The molecule has 3 aromatic heterocycles. The van der Waals surface area contributed by atoms with Crippen LogP contribution >= 0.6 is 11.3 Å². The Morgan fingerprint density at radius 1 is 1.43 bits per heavy atom. The standard InChI is InChI=1S/C14H10F3N3O2S/c1-19-12(21)11-10(18)9-6(14(15,16)17)5-7(20-13(9)22-11)8-3-2-4-23-8/h2-5H,18H2,1H3,(H,19,21). The Labute approximate surface area is 131 Å². The highest BCUT2D eigenvalue weighted by Crippen LogP contribution is 2.41. The minimum absolute atomic E-state index is 0.108. The molecule has 0 unspecified atom stereocenters. The third-order valence-electron chi connectivity index (χ3n) is 3.21. The molecule has 3 rings (SSSR count). The van der Waals surface area contributed by atoms with Crippen LogP contribution in [0.25, 0.3) is 21.7 Å². The summed E-state index contributed by atoms with van der Waals surface area (Å²) in [5.74, 6) is -1.10. The van der Waals surface area contributed by atoms with Crippen LogP contribution in [0, 0.1) is 0 Å². The van der Waals surface area contributed by atoms with E-state index in [0.717, 1.165) is 6.07 Å². The van der Waals surface area contributed by atoms with E-state index in [9.17, 15) is 18.0 Å². The van der Waals surface area contributed by atoms with E-state index in [2.05, 4.69) is 10.3 Å². The lowest BCUT2D eigenvalue weighted by atomic mass is 10.1. The molecule has 0 saturated heterocycles. The molecule has 0 aliphatic heterocycles. The monoisotopic (exact) mass is 341 g/mol. The second-order valence-corrected chi connectivity index (χ2v) is 5.58. The van der Waals surface area contributed by atoms with Crippen molar-refractivity contribution in [3.8, 4) is 10.6 Å². The molecule has 1 amide bonds. The van der Waals surface area contributed by atoms with Gasteiger partial charge in [-0.15, -0.1) is 11.3 Å². The minimum Gasteiger partial charge on any atom is -0.430 e. The smallest absolute Gasteiger partial charge is 0.417 e. The SMILES string of the molecule is CNC(=O)c1oc2nc(-c3cccs3)cc(C(F)(F)F)c2c1N. The van der Waals surface area contributed by atoms with Crippen LogP contribution in [0.1, 0.15) is 16.1 Å². The van der Waals surface area contributed by atoms with Crippen LogP contribution in [0.15, 0.2) is 28.0 Å². The van der Waals surface area contributed by atoms with Crippen molar-refractivity contribution in [3.05, 3.63) is 34.9 Å². The number of amides is 1. The summed E-state index contributed by atoms with van der Waals surface area (Å²) in [6, 6.07) is 4.25. The van der Waals surface area contributed by atoms with Crippen molar-refractivity contribution in [1.29, 1.82) is 0 Å². The van der Waals surface area contributed by atoms with Gasteiger partial charge in [-0.2, -0.15) is 13.2 Å². The number of halogens is 3. The number of nitrogens with one attached hydrogen (secondary N) is 1. The number of fused-ring (bicyclic) bond motifs is 1. The van der Waals surface area contributed by atoms with E-state index >= 15 is 0 Å². The van der Waals surface area contributed by atoms with Crippen molar-refractivity contribution in [2.45, 2.75) is 6.18 Å². The predicted molar refractivity (Wildman–Crippen MR) is 80.1 cm³/mol. The Bertz CT molecular complexity index is 885. The van der Waals surface area contributed by atoms with E-state index in [1.807, 2.05) is 0 Å². The Kier molecular flexibility index (Phi) is 3.52. The third kappa shape index (κ3) is 2.52. The molecule has 3 N–H and O–H groups in total. The number of nitrogens with two attached hydrogens (primary N) is 1. The zero-order valence-electron chi connectivity index (χ0n) is 11.7. The molecule has 3 heterocycles. The van der Waals surface area contributed by atoms with Crippen LogP contribution in [0.4, 0.5) is 18.9 Å². The second-order valence-electron chi connectivity index (χ2n) is 4.63. The molecular weight excluding hydrogens is 331 g/mol. The molecule has 0 bridgehead atoms. The van der Waals surface area contributed by atoms with Crippen molar-refractivity contribution in [2.24, 2.45) is 0 Å². The number of nitrogens with zero attached hydrogens (tertiary/aromatic N) is 1.